The predicted molar refractivity (Wildman–Crippen MR) is 67.9 cm³/mol. The first-order valence-corrected chi connectivity index (χ1v) is 7.06. The highest BCUT2D eigenvalue weighted by molar-refractivity contribution is 7.89. The molecule has 1 aromatic carbocycles. The largest absolute Gasteiger partial charge is 0.497 e. The van der Waals surface area contributed by atoms with Crippen LogP contribution < -0.4 is 15.2 Å². The molecule has 100 valence electrons. The smallest absolute Gasteiger partial charge is 0.251 e. The first kappa shape index (κ1) is 14.5. The van der Waals surface area contributed by atoms with Crippen LogP contribution in [0.5, 0.6) is 5.75 Å². The predicted octanol–water partition coefficient (Wildman–Crippen LogP) is 0.104. The fourth-order valence-corrected chi connectivity index (χ4v) is 1.87. The topological polar surface area (TPSA) is 98.5 Å². The van der Waals surface area contributed by atoms with Crippen LogP contribution in [0.1, 0.15) is 16.8 Å². The minimum atomic E-state index is -3.46. The van der Waals surface area contributed by atoms with Crippen molar-refractivity contribution in [2.45, 2.75) is 6.42 Å². The van der Waals surface area contributed by atoms with Crippen LogP contribution in [0.15, 0.2) is 24.3 Å². The molecule has 0 spiro atoms. The van der Waals surface area contributed by atoms with Gasteiger partial charge in [-0.15, -0.1) is 0 Å². The molecule has 0 radical (unpaired) electrons. The van der Waals surface area contributed by atoms with Crippen molar-refractivity contribution >= 4 is 15.9 Å². The zero-order chi connectivity index (χ0) is 13.6. The third-order valence-electron chi connectivity index (χ3n) is 2.24. The lowest BCUT2D eigenvalue weighted by atomic mass is 10.2. The molecule has 18 heavy (non-hydrogen) atoms. The molecule has 1 rings (SSSR count). The van der Waals surface area contributed by atoms with Crippen molar-refractivity contribution in [1.82, 2.24) is 5.32 Å². The molecular weight excluding hydrogens is 256 g/mol. The van der Waals surface area contributed by atoms with Crippen LogP contribution in [0, 0.1) is 0 Å². The summed E-state index contributed by atoms with van der Waals surface area (Å²) in [5.74, 6) is 0.267. The second-order valence-electron chi connectivity index (χ2n) is 3.70. The maximum atomic E-state index is 11.6. The van der Waals surface area contributed by atoms with Crippen LogP contribution in [-0.2, 0) is 10.0 Å². The maximum Gasteiger partial charge on any atom is 0.251 e. The van der Waals surface area contributed by atoms with Crippen LogP contribution in [0.25, 0.3) is 0 Å². The number of ether oxygens (including phenoxy) is 1. The molecule has 1 aromatic rings. The first-order chi connectivity index (χ1) is 8.42. The van der Waals surface area contributed by atoms with E-state index in [0.29, 0.717) is 17.7 Å². The van der Waals surface area contributed by atoms with Crippen LogP contribution in [0.3, 0.4) is 0 Å². The van der Waals surface area contributed by atoms with E-state index >= 15 is 0 Å². The number of amides is 1. The Hall–Kier alpha value is -1.60. The van der Waals surface area contributed by atoms with E-state index in [0.717, 1.165) is 0 Å². The maximum absolute atomic E-state index is 11.6. The van der Waals surface area contributed by atoms with Gasteiger partial charge in [0.2, 0.25) is 10.0 Å². The Balaban J connectivity index is 2.40. The van der Waals surface area contributed by atoms with Gasteiger partial charge in [-0.2, -0.15) is 0 Å². The monoisotopic (exact) mass is 272 g/mol. The van der Waals surface area contributed by atoms with Crippen LogP contribution in [0.2, 0.25) is 0 Å². The third kappa shape index (κ3) is 5.15. The quantitative estimate of drug-likeness (QED) is 0.718. The number of carbonyl (C=O) groups is 1. The minimum Gasteiger partial charge on any atom is -0.497 e. The molecule has 1 amide bonds. The van der Waals surface area contributed by atoms with Gasteiger partial charge in [0, 0.05) is 12.1 Å². The summed E-state index contributed by atoms with van der Waals surface area (Å²) >= 11 is 0. The Labute approximate surface area is 106 Å². The van der Waals surface area contributed by atoms with Crippen molar-refractivity contribution in [1.29, 1.82) is 0 Å². The number of methoxy groups -OCH3 is 1. The minimum absolute atomic E-state index is 0.143. The summed E-state index contributed by atoms with van der Waals surface area (Å²) in [5.41, 5.74) is 0.492. The first-order valence-electron chi connectivity index (χ1n) is 5.35. The molecule has 0 fully saturated rings. The molecule has 0 atom stereocenters. The van der Waals surface area contributed by atoms with E-state index in [2.05, 4.69) is 5.32 Å². The summed E-state index contributed by atoms with van der Waals surface area (Å²) in [6.07, 6.45) is 0.292. The normalized spacial score (nSPS) is 11.0. The highest BCUT2D eigenvalue weighted by atomic mass is 32.2. The Morgan fingerprint density at radius 1 is 1.33 bits per heavy atom. The summed E-state index contributed by atoms with van der Waals surface area (Å²) in [5, 5.41) is 7.45. The average Bonchev–Trinajstić information content (AvgIpc) is 2.33. The summed E-state index contributed by atoms with van der Waals surface area (Å²) in [6.45, 7) is 0.265. The molecule has 0 aliphatic heterocycles. The van der Waals surface area contributed by atoms with Crippen LogP contribution in [-0.4, -0.2) is 33.7 Å². The number of nitrogens with two attached hydrogens (primary N) is 1. The molecule has 0 unspecified atom stereocenters. The Kier molecular flexibility index (Phi) is 5.11. The molecule has 0 aliphatic carbocycles. The average molecular weight is 272 g/mol. The number of nitrogens with one attached hydrogen (secondary N) is 1. The van der Waals surface area contributed by atoms with Gasteiger partial charge in [0.1, 0.15) is 5.75 Å². The lowest BCUT2D eigenvalue weighted by Crippen LogP contribution is -2.27. The SMILES string of the molecule is COc1ccc(C(=O)NCCCS(N)(=O)=O)cc1. The van der Waals surface area contributed by atoms with E-state index in [9.17, 15) is 13.2 Å². The van der Waals surface area contributed by atoms with Crippen LogP contribution in [0.4, 0.5) is 0 Å². The van der Waals surface area contributed by atoms with E-state index < -0.39 is 10.0 Å². The van der Waals surface area contributed by atoms with Crippen molar-refractivity contribution in [3.8, 4) is 5.75 Å². The Bertz CT molecular complexity index is 496. The summed E-state index contributed by atoms with van der Waals surface area (Å²) in [7, 11) is -1.92. The number of rotatable bonds is 6. The highest BCUT2D eigenvalue weighted by Gasteiger charge is 2.06. The van der Waals surface area contributed by atoms with Gasteiger partial charge in [-0.05, 0) is 30.7 Å². The summed E-state index contributed by atoms with van der Waals surface area (Å²) in [4.78, 5) is 11.6. The standard InChI is InChI=1S/C11H16N2O4S/c1-17-10-5-3-9(4-6-10)11(14)13-7-2-8-18(12,15)16/h3-6H,2,7-8H2,1H3,(H,13,14)(H2,12,15,16). The molecule has 6 nitrogen and oxygen atoms in total. The fourth-order valence-electron chi connectivity index (χ4n) is 1.32. The van der Waals surface area contributed by atoms with Gasteiger partial charge in [-0.1, -0.05) is 0 Å². The third-order valence-corrected chi connectivity index (χ3v) is 3.10. The number of primary sulfonamides is 1. The molecule has 0 aromatic heterocycles. The van der Waals surface area contributed by atoms with E-state index in [1.54, 1.807) is 31.4 Å². The van der Waals surface area contributed by atoms with Gasteiger partial charge in [-0.25, -0.2) is 13.6 Å². The van der Waals surface area contributed by atoms with Gasteiger partial charge >= 0.3 is 0 Å². The van der Waals surface area contributed by atoms with Gasteiger partial charge in [-0.3, -0.25) is 4.79 Å². The van der Waals surface area contributed by atoms with Crippen molar-refractivity contribution in [2.75, 3.05) is 19.4 Å². The zero-order valence-corrected chi connectivity index (χ0v) is 10.9. The van der Waals surface area contributed by atoms with E-state index in [4.69, 9.17) is 9.88 Å². The van der Waals surface area contributed by atoms with E-state index in [1.165, 1.54) is 0 Å². The molecule has 7 heteroatoms. The Morgan fingerprint density at radius 2 is 1.94 bits per heavy atom. The number of carbonyl (C=O) groups excluding carboxylic acids is 1. The van der Waals surface area contributed by atoms with E-state index in [-0.39, 0.29) is 18.2 Å². The summed E-state index contributed by atoms with van der Waals surface area (Å²) < 4.78 is 26.3. The summed E-state index contributed by atoms with van der Waals surface area (Å²) in [6, 6.07) is 6.63. The zero-order valence-electron chi connectivity index (χ0n) is 10.0. The molecule has 0 bridgehead atoms. The number of hydrogen-bond donors (Lipinski definition) is 2. The molecule has 0 aliphatic rings. The molecule has 3 N–H and O–H groups in total. The van der Waals surface area contributed by atoms with Crippen molar-refractivity contribution < 1.29 is 17.9 Å². The van der Waals surface area contributed by atoms with Gasteiger partial charge in [0.05, 0.1) is 12.9 Å². The lowest BCUT2D eigenvalue weighted by molar-refractivity contribution is 0.0953. The van der Waals surface area contributed by atoms with Gasteiger partial charge in [0.25, 0.3) is 5.91 Å². The second-order valence-corrected chi connectivity index (χ2v) is 5.44. The fraction of sp³-hybridized carbons (Fsp3) is 0.364. The van der Waals surface area contributed by atoms with Crippen molar-refractivity contribution in [3.05, 3.63) is 29.8 Å². The van der Waals surface area contributed by atoms with Crippen molar-refractivity contribution in [3.63, 3.8) is 0 Å². The number of hydrogen-bond acceptors (Lipinski definition) is 4. The number of benzene rings is 1. The molecular formula is C11H16N2O4S. The molecule has 0 saturated heterocycles. The van der Waals surface area contributed by atoms with E-state index in [1.807, 2.05) is 0 Å². The van der Waals surface area contributed by atoms with Crippen LogP contribution >= 0.6 is 0 Å². The lowest BCUT2D eigenvalue weighted by Gasteiger charge is -2.05. The highest BCUT2D eigenvalue weighted by Crippen LogP contribution is 2.10. The second kappa shape index (κ2) is 6.36. The van der Waals surface area contributed by atoms with Gasteiger partial charge < -0.3 is 10.1 Å². The van der Waals surface area contributed by atoms with Crippen molar-refractivity contribution in [2.24, 2.45) is 5.14 Å². The Morgan fingerprint density at radius 3 is 2.44 bits per heavy atom. The molecule has 0 heterocycles. The van der Waals surface area contributed by atoms with Gasteiger partial charge in [0.15, 0.2) is 0 Å². The molecule has 0 saturated carbocycles. The number of sulfonamides is 1.